The number of carbonyl (C=O) groups excluding carboxylic acids is 1. The largest absolute Gasteiger partial charge is 0.503 e. The van der Waals surface area contributed by atoms with E-state index in [1.807, 2.05) is 0 Å². The molecule has 2 N–H and O–H groups in total. The number of methoxy groups -OCH3 is 2. The minimum absolute atomic E-state index is 0.166. The lowest BCUT2D eigenvalue weighted by Gasteiger charge is -2.07. The molecular formula is C34H26Cl2N6O5. The Morgan fingerprint density at radius 2 is 1.13 bits per heavy atom. The summed E-state index contributed by atoms with van der Waals surface area (Å²) < 4.78 is 11.8. The Balaban J connectivity index is 1.39. The van der Waals surface area contributed by atoms with E-state index in [4.69, 9.17) is 32.7 Å². The average Bonchev–Trinajstić information content (AvgIpc) is 3.49. The van der Waals surface area contributed by atoms with E-state index >= 15 is 0 Å². The number of ether oxygens (including phenoxy) is 2. The molecule has 5 aromatic rings. The number of aromatic nitrogens is 2. The predicted octanol–water partition coefficient (Wildman–Crippen LogP) is 9.83. The maximum Gasteiger partial charge on any atom is 0.234 e. The van der Waals surface area contributed by atoms with Crippen LogP contribution in [0.5, 0.6) is 23.0 Å². The molecule has 0 aliphatic carbocycles. The van der Waals surface area contributed by atoms with Gasteiger partial charge in [-0.3, -0.25) is 4.79 Å². The van der Waals surface area contributed by atoms with Crippen LogP contribution in [0, 0.1) is 0 Å². The number of phenols is 2. The van der Waals surface area contributed by atoms with Gasteiger partial charge in [-0.05, 0) is 102 Å². The minimum Gasteiger partial charge on any atom is -0.503 e. The highest BCUT2D eigenvalue weighted by Crippen LogP contribution is 2.40. The zero-order valence-electron chi connectivity index (χ0n) is 25.0. The van der Waals surface area contributed by atoms with Crippen LogP contribution in [0.4, 0.5) is 22.7 Å². The first-order valence-corrected chi connectivity index (χ1v) is 14.6. The van der Waals surface area contributed by atoms with Crippen molar-refractivity contribution in [3.63, 3.8) is 0 Å². The predicted molar refractivity (Wildman–Crippen MR) is 183 cm³/mol. The van der Waals surface area contributed by atoms with Crippen LogP contribution in [0.1, 0.15) is 22.5 Å². The third-order valence-electron chi connectivity index (χ3n) is 6.57. The summed E-state index contributed by atoms with van der Waals surface area (Å²) in [5.74, 6) is 0.0606. The summed E-state index contributed by atoms with van der Waals surface area (Å²) in [4.78, 5) is 11.8. The van der Waals surface area contributed by atoms with Crippen LogP contribution in [-0.2, 0) is 4.79 Å². The fraction of sp³-hybridized carbons (Fsp3) is 0.0588. The summed E-state index contributed by atoms with van der Waals surface area (Å²) in [6.45, 7) is 0. The number of hydrogen-bond donors (Lipinski definition) is 2. The molecule has 1 aromatic heterocycles. The Morgan fingerprint density at radius 3 is 1.57 bits per heavy atom. The van der Waals surface area contributed by atoms with E-state index in [0.29, 0.717) is 50.3 Å². The Bertz CT molecular complexity index is 2020. The molecule has 5 rings (SSSR count). The van der Waals surface area contributed by atoms with Crippen molar-refractivity contribution in [2.24, 2.45) is 20.5 Å². The van der Waals surface area contributed by atoms with Crippen molar-refractivity contribution in [1.82, 2.24) is 9.78 Å². The second-order valence-electron chi connectivity index (χ2n) is 9.75. The lowest BCUT2D eigenvalue weighted by atomic mass is 10.1. The van der Waals surface area contributed by atoms with E-state index in [9.17, 15) is 15.0 Å². The summed E-state index contributed by atoms with van der Waals surface area (Å²) in [6.07, 6.45) is 7.41. The Morgan fingerprint density at radius 1 is 0.660 bits per heavy atom. The zero-order valence-corrected chi connectivity index (χ0v) is 26.5. The van der Waals surface area contributed by atoms with Crippen LogP contribution in [0.3, 0.4) is 0 Å². The molecule has 0 bridgehead atoms. The molecule has 0 aliphatic rings. The van der Waals surface area contributed by atoms with Crippen molar-refractivity contribution >= 4 is 76.7 Å². The highest BCUT2D eigenvalue weighted by molar-refractivity contribution is 6.30. The third kappa shape index (κ3) is 8.28. The highest BCUT2D eigenvalue weighted by Gasteiger charge is 2.12. The molecule has 0 saturated carbocycles. The maximum atomic E-state index is 11.8. The van der Waals surface area contributed by atoms with E-state index in [0.717, 1.165) is 0 Å². The lowest BCUT2D eigenvalue weighted by Crippen LogP contribution is -1.99. The van der Waals surface area contributed by atoms with Gasteiger partial charge in [-0.25, -0.2) is 4.68 Å². The van der Waals surface area contributed by atoms with Gasteiger partial charge < -0.3 is 19.7 Å². The van der Waals surface area contributed by atoms with Crippen molar-refractivity contribution in [2.45, 2.75) is 0 Å². The Kier molecular flexibility index (Phi) is 10.4. The van der Waals surface area contributed by atoms with E-state index in [-0.39, 0.29) is 34.4 Å². The second kappa shape index (κ2) is 15.0. The SMILES string of the molecule is COc1cc(/C=C/c2cc(/C=C/c3cc(N=Nc4ccc(Cl)cc4)c(O)c(OC)c3)n(C=O)n2)cc(N=Nc2ccc(Cl)cc2)c1O. The highest BCUT2D eigenvalue weighted by atomic mass is 35.5. The quantitative estimate of drug-likeness (QED) is 0.106. The van der Waals surface area contributed by atoms with Gasteiger partial charge in [0, 0.05) is 10.0 Å². The molecule has 236 valence electrons. The summed E-state index contributed by atoms with van der Waals surface area (Å²) in [5.41, 5.74) is 3.70. The molecule has 0 radical (unpaired) electrons. The molecule has 13 heteroatoms. The van der Waals surface area contributed by atoms with Crippen molar-refractivity contribution in [3.8, 4) is 23.0 Å². The van der Waals surface area contributed by atoms with Gasteiger partial charge in [0.1, 0.15) is 11.4 Å². The van der Waals surface area contributed by atoms with Crippen LogP contribution in [-0.4, -0.2) is 40.6 Å². The Labute approximate surface area is 279 Å². The molecule has 0 unspecified atom stereocenters. The molecule has 0 fully saturated rings. The van der Waals surface area contributed by atoms with E-state index in [1.165, 1.54) is 18.9 Å². The molecule has 1 heterocycles. The van der Waals surface area contributed by atoms with Crippen LogP contribution >= 0.6 is 23.2 Å². The van der Waals surface area contributed by atoms with Crippen molar-refractivity contribution in [3.05, 3.63) is 111 Å². The maximum absolute atomic E-state index is 11.8. The molecule has 0 aliphatic heterocycles. The molecule has 0 atom stereocenters. The van der Waals surface area contributed by atoms with Gasteiger partial charge in [-0.1, -0.05) is 35.4 Å². The molecule has 0 amide bonds. The fourth-order valence-electron chi connectivity index (χ4n) is 4.20. The van der Waals surface area contributed by atoms with Gasteiger partial charge in [0.05, 0.1) is 37.0 Å². The fourth-order valence-corrected chi connectivity index (χ4v) is 4.46. The van der Waals surface area contributed by atoms with Crippen molar-refractivity contribution in [1.29, 1.82) is 0 Å². The number of rotatable bonds is 11. The van der Waals surface area contributed by atoms with Gasteiger partial charge in [0.25, 0.3) is 0 Å². The average molecular weight is 670 g/mol. The van der Waals surface area contributed by atoms with Gasteiger partial charge in [-0.15, -0.1) is 10.2 Å². The van der Waals surface area contributed by atoms with Gasteiger partial charge in [0.15, 0.2) is 23.0 Å². The van der Waals surface area contributed by atoms with Crippen LogP contribution < -0.4 is 9.47 Å². The summed E-state index contributed by atoms with van der Waals surface area (Å²) in [7, 11) is 2.86. The van der Waals surface area contributed by atoms with Gasteiger partial charge >= 0.3 is 0 Å². The minimum atomic E-state index is -0.173. The molecule has 0 spiro atoms. The van der Waals surface area contributed by atoms with E-state index < -0.39 is 0 Å². The van der Waals surface area contributed by atoms with Gasteiger partial charge in [-0.2, -0.15) is 15.3 Å². The zero-order chi connectivity index (χ0) is 33.3. The lowest BCUT2D eigenvalue weighted by molar-refractivity contribution is 0.374. The van der Waals surface area contributed by atoms with Crippen LogP contribution in [0.15, 0.2) is 99.3 Å². The molecule has 0 saturated heterocycles. The van der Waals surface area contributed by atoms with E-state index in [1.54, 1.807) is 103 Å². The van der Waals surface area contributed by atoms with E-state index in [2.05, 4.69) is 25.6 Å². The molecule has 47 heavy (non-hydrogen) atoms. The number of phenolic OH excluding ortho intramolecular Hbond substituents is 2. The molecule has 4 aromatic carbocycles. The number of halogens is 2. The van der Waals surface area contributed by atoms with Crippen molar-refractivity contribution < 1.29 is 24.5 Å². The summed E-state index contributed by atoms with van der Waals surface area (Å²) in [6, 6.07) is 21.7. The first-order valence-electron chi connectivity index (χ1n) is 13.8. The monoisotopic (exact) mass is 668 g/mol. The third-order valence-corrected chi connectivity index (χ3v) is 7.07. The number of hydrogen-bond acceptors (Lipinski definition) is 10. The number of carbonyl (C=O) groups is 1. The number of nitrogens with zero attached hydrogens (tertiary/aromatic N) is 6. The first kappa shape index (κ1) is 32.6. The molecule has 11 nitrogen and oxygen atoms in total. The summed E-state index contributed by atoms with van der Waals surface area (Å²) >= 11 is 11.9. The second-order valence-corrected chi connectivity index (χ2v) is 10.6. The smallest absolute Gasteiger partial charge is 0.234 e. The first-order chi connectivity index (χ1) is 22.8. The van der Waals surface area contributed by atoms with Crippen LogP contribution in [0.25, 0.3) is 24.3 Å². The van der Waals surface area contributed by atoms with Crippen LogP contribution in [0.2, 0.25) is 10.0 Å². The summed E-state index contributed by atoms with van der Waals surface area (Å²) in [5, 5.41) is 43.3. The standard InChI is InChI=1S/C34H26Cl2N6O5/c1-46-31-17-21(15-29(33(31)44)39-37-25-10-5-23(35)6-11-25)3-9-27-19-28(42(20-43)41-27)14-4-22-16-30(34(45)32(18-22)47-2)40-38-26-12-7-24(36)8-13-26/h3-20,44-45H,1-2H3/b9-3+,14-4+,39-37?,40-38?. The number of azo groups is 2. The normalized spacial score (nSPS) is 11.7. The number of aromatic hydroxyl groups is 2. The topological polar surface area (TPSA) is 143 Å². The Hall–Kier alpha value is -5.78. The molecular weight excluding hydrogens is 643 g/mol. The number of benzene rings is 4. The van der Waals surface area contributed by atoms with Gasteiger partial charge in [0.2, 0.25) is 6.41 Å². The van der Waals surface area contributed by atoms with Crippen molar-refractivity contribution in [2.75, 3.05) is 14.2 Å².